The van der Waals surface area contributed by atoms with Gasteiger partial charge in [-0.3, -0.25) is 4.79 Å². The Morgan fingerprint density at radius 1 is 1.47 bits per heavy atom. The van der Waals surface area contributed by atoms with Crippen LogP contribution in [0.2, 0.25) is 0 Å². The molecule has 0 saturated carbocycles. The average Bonchev–Trinajstić information content (AvgIpc) is 2.83. The van der Waals surface area contributed by atoms with Crippen molar-refractivity contribution in [3.63, 3.8) is 0 Å². The van der Waals surface area contributed by atoms with Crippen molar-refractivity contribution in [2.75, 3.05) is 17.2 Å². The molecule has 88 valence electrons. The molecule has 2 rings (SSSR count). The van der Waals surface area contributed by atoms with Crippen molar-refractivity contribution < 1.29 is 4.79 Å². The molecule has 5 heteroatoms. The van der Waals surface area contributed by atoms with Gasteiger partial charge in [0.05, 0.1) is 5.69 Å². The molecular weight excluding hydrogens is 234 g/mol. The van der Waals surface area contributed by atoms with E-state index in [0.717, 1.165) is 12.2 Å². The molecule has 0 spiro atoms. The summed E-state index contributed by atoms with van der Waals surface area (Å²) >= 11 is 1.55. The van der Waals surface area contributed by atoms with Crippen molar-refractivity contribution in [2.45, 2.75) is 6.92 Å². The third-order valence-corrected chi connectivity index (χ3v) is 2.84. The van der Waals surface area contributed by atoms with Crippen molar-refractivity contribution in [1.29, 1.82) is 0 Å². The minimum absolute atomic E-state index is 0.120. The Labute approximate surface area is 104 Å². The minimum atomic E-state index is -0.120. The number of carbonyl (C=O) groups excluding carboxylic acids is 1. The monoisotopic (exact) mass is 247 g/mol. The van der Waals surface area contributed by atoms with Gasteiger partial charge in [-0.25, -0.2) is 4.98 Å². The number of anilines is 2. The highest BCUT2D eigenvalue weighted by Gasteiger charge is 2.07. The van der Waals surface area contributed by atoms with Crippen LogP contribution in [0.25, 0.3) is 0 Å². The summed E-state index contributed by atoms with van der Waals surface area (Å²) < 4.78 is 0. The van der Waals surface area contributed by atoms with Crippen LogP contribution in [0.15, 0.2) is 35.2 Å². The first-order valence-corrected chi connectivity index (χ1v) is 6.27. The third kappa shape index (κ3) is 3.04. The molecule has 2 aromatic rings. The molecule has 0 aliphatic heterocycles. The molecule has 0 aliphatic rings. The summed E-state index contributed by atoms with van der Waals surface area (Å²) in [6.45, 7) is 2.77. The maximum absolute atomic E-state index is 11.9. The first kappa shape index (κ1) is 11.6. The highest BCUT2D eigenvalue weighted by Crippen LogP contribution is 2.14. The van der Waals surface area contributed by atoms with E-state index in [2.05, 4.69) is 15.6 Å². The van der Waals surface area contributed by atoms with Crippen molar-refractivity contribution in [1.82, 2.24) is 4.98 Å². The number of amides is 1. The number of nitrogens with one attached hydrogen (secondary N) is 2. The molecule has 0 fully saturated rings. The van der Waals surface area contributed by atoms with E-state index in [-0.39, 0.29) is 5.91 Å². The molecule has 2 N–H and O–H groups in total. The zero-order valence-electron chi connectivity index (χ0n) is 9.43. The van der Waals surface area contributed by atoms with E-state index >= 15 is 0 Å². The summed E-state index contributed by atoms with van der Waals surface area (Å²) in [5.41, 5.74) is 1.42. The third-order valence-electron chi connectivity index (χ3n) is 2.16. The second kappa shape index (κ2) is 5.45. The summed E-state index contributed by atoms with van der Waals surface area (Å²) in [5.74, 6) is 0.593. The second-order valence-electron chi connectivity index (χ2n) is 3.43. The smallest absolute Gasteiger partial charge is 0.255 e. The molecule has 0 aliphatic carbocycles. The molecule has 0 unspecified atom stereocenters. The predicted molar refractivity (Wildman–Crippen MR) is 70.7 cm³/mol. The molecule has 0 radical (unpaired) electrons. The first-order chi connectivity index (χ1) is 8.29. The number of hydrogen-bond donors (Lipinski definition) is 2. The molecule has 17 heavy (non-hydrogen) atoms. The van der Waals surface area contributed by atoms with Gasteiger partial charge in [0.1, 0.15) is 5.82 Å². The van der Waals surface area contributed by atoms with Crippen molar-refractivity contribution >= 4 is 28.7 Å². The maximum atomic E-state index is 11.9. The van der Waals surface area contributed by atoms with Crippen molar-refractivity contribution in [2.24, 2.45) is 0 Å². The Bertz CT molecular complexity index is 496. The van der Waals surface area contributed by atoms with Crippen LogP contribution < -0.4 is 10.6 Å². The van der Waals surface area contributed by atoms with Gasteiger partial charge in [-0.15, -0.1) is 0 Å². The van der Waals surface area contributed by atoms with Gasteiger partial charge in [-0.2, -0.15) is 11.3 Å². The van der Waals surface area contributed by atoms with Crippen LogP contribution in [0.5, 0.6) is 0 Å². The molecule has 2 aromatic heterocycles. The molecule has 4 nitrogen and oxygen atoms in total. The summed E-state index contributed by atoms with van der Waals surface area (Å²) in [4.78, 5) is 16.0. The predicted octanol–water partition coefficient (Wildman–Crippen LogP) is 2.83. The second-order valence-corrected chi connectivity index (χ2v) is 4.21. The van der Waals surface area contributed by atoms with Crippen LogP contribution in [0.3, 0.4) is 0 Å². The van der Waals surface area contributed by atoms with E-state index in [0.29, 0.717) is 11.4 Å². The van der Waals surface area contributed by atoms with Gasteiger partial charge in [-0.05, 0) is 30.5 Å². The lowest BCUT2D eigenvalue weighted by Gasteiger charge is -2.05. The molecule has 1 amide bonds. The van der Waals surface area contributed by atoms with Crippen LogP contribution in [-0.4, -0.2) is 17.4 Å². The van der Waals surface area contributed by atoms with Crippen molar-refractivity contribution in [3.8, 4) is 0 Å². The Hall–Kier alpha value is -1.88. The minimum Gasteiger partial charge on any atom is -0.370 e. The Morgan fingerprint density at radius 3 is 3.06 bits per heavy atom. The van der Waals surface area contributed by atoms with Gasteiger partial charge in [0.2, 0.25) is 0 Å². The number of nitrogens with zero attached hydrogens (tertiary/aromatic N) is 1. The van der Waals surface area contributed by atoms with Crippen LogP contribution in [0, 0.1) is 0 Å². The number of thiophene rings is 1. The van der Waals surface area contributed by atoms with Gasteiger partial charge < -0.3 is 10.6 Å². The average molecular weight is 247 g/mol. The SMILES string of the molecule is CCNc1cc(C(=O)Nc2ccsc2)ccn1. The molecule has 0 saturated heterocycles. The largest absolute Gasteiger partial charge is 0.370 e. The van der Waals surface area contributed by atoms with Gasteiger partial charge in [0.15, 0.2) is 0 Å². The van der Waals surface area contributed by atoms with Crippen LogP contribution >= 0.6 is 11.3 Å². The summed E-state index contributed by atoms with van der Waals surface area (Å²) in [6, 6.07) is 5.31. The Morgan fingerprint density at radius 2 is 2.35 bits per heavy atom. The lowest BCUT2D eigenvalue weighted by atomic mass is 10.2. The van der Waals surface area contributed by atoms with Crippen LogP contribution in [0.1, 0.15) is 17.3 Å². The van der Waals surface area contributed by atoms with Crippen LogP contribution in [0.4, 0.5) is 11.5 Å². The standard InChI is InChI=1S/C12H13N3OS/c1-2-13-11-7-9(3-5-14-11)12(16)15-10-4-6-17-8-10/h3-8H,2H2,1H3,(H,13,14)(H,15,16). The number of rotatable bonds is 4. The lowest BCUT2D eigenvalue weighted by molar-refractivity contribution is 0.102. The molecule has 2 heterocycles. The zero-order chi connectivity index (χ0) is 12.1. The van der Waals surface area contributed by atoms with Crippen LogP contribution in [-0.2, 0) is 0 Å². The van der Waals surface area contributed by atoms with Gasteiger partial charge >= 0.3 is 0 Å². The van der Waals surface area contributed by atoms with E-state index < -0.39 is 0 Å². The zero-order valence-corrected chi connectivity index (χ0v) is 10.3. The van der Waals surface area contributed by atoms with Crippen molar-refractivity contribution in [3.05, 3.63) is 40.7 Å². The van der Waals surface area contributed by atoms with Gasteiger partial charge in [-0.1, -0.05) is 0 Å². The fourth-order valence-electron chi connectivity index (χ4n) is 1.39. The highest BCUT2D eigenvalue weighted by molar-refractivity contribution is 7.08. The maximum Gasteiger partial charge on any atom is 0.255 e. The molecule has 0 bridgehead atoms. The normalized spacial score (nSPS) is 9.94. The van der Waals surface area contributed by atoms with Gasteiger partial charge in [0.25, 0.3) is 5.91 Å². The fraction of sp³-hybridized carbons (Fsp3) is 0.167. The number of aromatic nitrogens is 1. The Balaban J connectivity index is 2.11. The fourth-order valence-corrected chi connectivity index (χ4v) is 1.98. The summed E-state index contributed by atoms with van der Waals surface area (Å²) in [6.07, 6.45) is 1.63. The number of carbonyl (C=O) groups is 1. The van der Waals surface area contributed by atoms with E-state index in [1.165, 1.54) is 0 Å². The quantitative estimate of drug-likeness (QED) is 0.873. The summed E-state index contributed by atoms with van der Waals surface area (Å²) in [5, 5.41) is 9.71. The topological polar surface area (TPSA) is 54.0 Å². The lowest BCUT2D eigenvalue weighted by Crippen LogP contribution is -2.12. The molecule has 0 aromatic carbocycles. The summed E-state index contributed by atoms with van der Waals surface area (Å²) in [7, 11) is 0. The first-order valence-electron chi connectivity index (χ1n) is 5.33. The van der Waals surface area contributed by atoms with E-state index in [9.17, 15) is 4.79 Å². The van der Waals surface area contributed by atoms with E-state index in [1.54, 1.807) is 29.7 Å². The van der Waals surface area contributed by atoms with E-state index in [4.69, 9.17) is 0 Å². The molecule has 0 atom stereocenters. The molecular formula is C12H13N3OS. The number of hydrogen-bond acceptors (Lipinski definition) is 4. The number of pyridine rings is 1. The van der Waals surface area contributed by atoms with E-state index in [1.807, 2.05) is 23.8 Å². The highest BCUT2D eigenvalue weighted by atomic mass is 32.1. The van der Waals surface area contributed by atoms with Gasteiger partial charge in [0, 0.05) is 23.7 Å². The Kier molecular flexibility index (Phi) is 3.72.